The van der Waals surface area contributed by atoms with Gasteiger partial charge in [0.25, 0.3) is 5.91 Å². The molecule has 0 aliphatic rings. The molecule has 5 nitrogen and oxygen atoms in total. The zero-order valence-electron chi connectivity index (χ0n) is 11.8. The Kier molecular flexibility index (Phi) is 5.16. The van der Waals surface area contributed by atoms with Crippen LogP contribution in [0.25, 0.3) is 0 Å². The maximum Gasteiger partial charge on any atom is 0.287 e. The number of nitrogens with one attached hydrogen (secondary N) is 2. The van der Waals surface area contributed by atoms with Crippen molar-refractivity contribution in [2.45, 2.75) is 13.3 Å². The van der Waals surface area contributed by atoms with Gasteiger partial charge in [-0.2, -0.15) is 5.10 Å². The SMILES string of the molecule is COc1ccc(C/C(C)=N\NC(=O)c2cc(Br)c[nH]2)cc1. The number of aromatic amines is 1. The van der Waals surface area contributed by atoms with Crippen molar-refractivity contribution in [3.63, 3.8) is 0 Å². The predicted octanol–water partition coefficient (Wildman–Crippen LogP) is 3.13. The molecular formula is C15H16BrN3O2. The maximum absolute atomic E-state index is 11.8. The molecule has 110 valence electrons. The van der Waals surface area contributed by atoms with E-state index in [0.717, 1.165) is 21.5 Å². The zero-order valence-corrected chi connectivity index (χ0v) is 13.4. The van der Waals surface area contributed by atoms with E-state index in [1.807, 2.05) is 31.2 Å². The molecule has 0 aliphatic carbocycles. The largest absolute Gasteiger partial charge is 0.497 e. The second-order valence-corrected chi connectivity index (χ2v) is 5.46. The fourth-order valence-electron chi connectivity index (χ4n) is 1.78. The van der Waals surface area contributed by atoms with E-state index in [9.17, 15) is 4.79 Å². The molecule has 21 heavy (non-hydrogen) atoms. The lowest BCUT2D eigenvalue weighted by Gasteiger charge is -2.04. The van der Waals surface area contributed by atoms with Gasteiger partial charge in [-0.1, -0.05) is 12.1 Å². The number of halogens is 1. The fraction of sp³-hybridized carbons (Fsp3) is 0.200. The number of benzene rings is 1. The molecule has 0 bridgehead atoms. The van der Waals surface area contributed by atoms with Crippen molar-refractivity contribution >= 4 is 27.5 Å². The number of nitrogens with zero attached hydrogens (tertiary/aromatic N) is 1. The zero-order chi connectivity index (χ0) is 15.2. The fourth-order valence-corrected chi connectivity index (χ4v) is 2.13. The highest BCUT2D eigenvalue weighted by atomic mass is 79.9. The smallest absolute Gasteiger partial charge is 0.287 e. The minimum atomic E-state index is -0.269. The highest BCUT2D eigenvalue weighted by Gasteiger charge is 2.06. The van der Waals surface area contributed by atoms with Crippen LogP contribution in [0, 0.1) is 0 Å². The van der Waals surface area contributed by atoms with Crippen LogP contribution in [0.15, 0.2) is 46.1 Å². The topological polar surface area (TPSA) is 66.5 Å². The second kappa shape index (κ2) is 7.08. The first-order valence-electron chi connectivity index (χ1n) is 6.39. The molecule has 0 aliphatic heterocycles. The van der Waals surface area contributed by atoms with E-state index in [4.69, 9.17) is 4.74 Å². The van der Waals surface area contributed by atoms with Gasteiger partial charge in [0.05, 0.1) is 7.11 Å². The van der Waals surface area contributed by atoms with Gasteiger partial charge < -0.3 is 9.72 Å². The minimum absolute atomic E-state index is 0.269. The van der Waals surface area contributed by atoms with Crippen LogP contribution < -0.4 is 10.2 Å². The van der Waals surface area contributed by atoms with Crippen molar-refractivity contribution in [3.8, 4) is 5.75 Å². The third-order valence-electron chi connectivity index (χ3n) is 2.86. The number of ether oxygens (including phenoxy) is 1. The Bertz CT molecular complexity index is 647. The number of carbonyl (C=O) groups is 1. The first-order valence-corrected chi connectivity index (χ1v) is 7.18. The van der Waals surface area contributed by atoms with Crippen LogP contribution >= 0.6 is 15.9 Å². The van der Waals surface area contributed by atoms with Crippen molar-refractivity contribution in [1.29, 1.82) is 0 Å². The number of hydrazone groups is 1. The molecule has 1 heterocycles. The van der Waals surface area contributed by atoms with Crippen LogP contribution in [-0.2, 0) is 6.42 Å². The molecule has 2 N–H and O–H groups in total. The van der Waals surface area contributed by atoms with Gasteiger partial charge >= 0.3 is 0 Å². The van der Waals surface area contributed by atoms with Crippen LogP contribution in [0.1, 0.15) is 23.0 Å². The van der Waals surface area contributed by atoms with Crippen molar-refractivity contribution in [2.75, 3.05) is 7.11 Å². The van der Waals surface area contributed by atoms with Crippen LogP contribution in [0.5, 0.6) is 5.75 Å². The van der Waals surface area contributed by atoms with Crippen LogP contribution in [-0.4, -0.2) is 23.7 Å². The molecule has 1 aromatic carbocycles. The second-order valence-electron chi connectivity index (χ2n) is 4.54. The Hall–Kier alpha value is -2.08. The summed E-state index contributed by atoms with van der Waals surface area (Å²) in [6.45, 7) is 1.87. The van der Waals surface area contributed by atoms with E-state index >= 15 is 0 Å². The summed E-state index contributed by atoms with van der Waals surface area (Å²) in [5, 5.41) is 4.10. The summed E-state index contributed by atoms with van der Waals surface area (Å²) in [7, 11) is 1.64. The number of rotatable bonds is 5. The van der Waals surface area contributed by atoms with Gasteiger partial charge in [-0.05, 0) is 46.6 Å². The normalized spacial score (nSPS) is 11.3. The lowest BCUT2D eigenvalue weighted by molar-refractivity contribution is 0.0950. The molecule has 0 spiro atoms. The molecule has 0 saturated carbocycles. The number of hydrogen-bond donors (Lipinski definition) is 2. The number of methoxy groups -OCH3 is 1. The average Bonchev–Trinajstić information content (AvgIpc) is 2.92. The van der Waals surface area contributed by atoms with Crippen LogP contribution in [0.4, 0.5) is 0 Å². The van der Waals surface area contributed by atoms with Crippen molar-refractivity contribution in [3.05, 3.63) is 52.3 Å². The highest BCUT2D eigenvalue weighted by Crippen LogP contribution is 2.12. The molecule has 2 rings (SSSR count). The standard InChI is InChI=1S/C15H16BrN3O2/c1-10(7-11-3-5-13(21-2)6-4-11)18-19-15(20)14-8-12(16)9-17-14/h3-6,8-9,17H,7H2,1-2H3,(H,19,20)/b18-10-. The summed E-state index contributed by atoms with van der Waals surface area (Å²) in [4.78, 5) is 14.7. The van der Waals surface area contributed by atoms with Gasteiger partial charge in [0, 0.05) is 22.8 Å². The lowest BCUT2D eigenvalue weighted by Crippen LogP contribution is -2.19. The van der Waals surface area contributed by atoms with E-state index in [-0.39, 0.29) is 5.91 Å². The van der Waals surface area contributed by atoms with Gasteiger partial charge in [0.1, 0.15) is 11.4 Å². The predicted molar refractivity (Wildman–Crippen MR) is 85.8 cm³/mol. The summed E-state index contributed by atoms with van der Waals surface area (Å²) in [5.41, 5.74) is 4.91. The van der Waals surface area contributed by atoms with E-state index < -0.39 is 0 Å². The monoisotopic (exact) mass is 349 g/mol. The molecule has 0 atom stereocenters. The van der Waals surface area contributed by atoms with Gasteiger partial charge in [0.15, 0.2) is 0 Å². The molecule has 1 aromatic heterocycles. The summed E-state index contributed by atoms with van der Waals surface area (Å²) in [6, 6.07) is 9.45. The molecule has 1 amide bonds. The summed E-state index contributed by atoms with van der Waals surface area (Å²) >= 11 is 3.28. The number of aromatic nitrogens is 1. The van der Waals surface area contributed by atoms with E-state index in [1.165, 1.54) is 0 Å². The molecule has 0 unspecified atom stereocenters. The maximum atomic E-state index is 11.8. The summed E-state index contributed by atoms with van der Waals surface area (Å²) in [5.74, 6) is 0.550. The molecule has 0 saturated heterocycles. The molecule has 0 fully saturated rings. The lowest BCUT2D eigenvalue weighted by atomic mass is 10.1. The van der Waals surface area contributed by atoms with Crippen molar-refractivity contribution in [2.24, 2.45) is 5.10 Å². The first-order chi connectivity index (χ1) is 10.1. The van der Waals surface area contributed by atoms with Crippen molar-refractivity contribution in [1.82, 2.24) is 10.4 Å². The summed E-state index contributed by atoms with van der Waals surface area (Å²) in [6.07, 6.45) is 2.36. The van der Waals surface area contributed by atoms with Gasteiger partial charge in [-0.15, -0.1) is 0 Å². The highest BCUT2D eigenvalue weighted by molar-refractivity contribution is 9.10. The van der Waals surface area contributed by atoms with Crippen molar-refractivity contribution < 1.29 is 9.53 Å². The minimum Gasteiger partial charge on any atom is -0.497 e. The Morgan fingerprint density at radius 1 is 1.38 bits per heavy atom. The average molecular weight is 350 g/mol. The summed E-state index contributed by atoms with van der Waals surface area (Å²) < 4.78 is 5.94. The quantitative estimate of drug-likeness (QED) is 0.643. The number of amides is 1. The van der Waals surface area contributed by atoms with Gasteiger partial charge in [0.2, 0.25) is 0 Å². The number of carbonyl (C=O) groups excluding carboxylic acids is 1. The third kappa shape index (κ3) is 4.46. The number of H-pyrrole nitrogens is 1. The van der Waals surface area contributed by atoms with Crippen LogP contribution in [0.3, 0.4) is 0 Å². The first kappa shape index (κ1) is 15.3. The van der Waals surface area contributed by atoms with E-state index in [2.05, 4.69) is 31.4 Å². The Balaban J connectivity index is 1.92. The third-order valence-corrected chi connectivity index (χ3v) is 3.32. The Labute approximate surface area is 131 Å². The van der Waals surface area contributed by atoms with E-state index in [1.54, 1.807) is 19.4 Å². The van der Waals surface area contributed by atoms with Gasteiger partial charge in [-0.3, -0.25) is 4.79 Å². The van der Waals surface area contributed by atoms with Gasteiger partial charge in [-0.25, -0.2) is 5.43 Å². The molecule has 0 radical (unpaired) electrons. The Morgan fingerprint density at radius 2 is 2.10 bits per heavy atom. The Morgan fingerprint density at radius 3 is 2.67 bits per heavy atom. The molecule has 6 heteroatoms. The molecule has 2 aromatic rings. The number of hydrogen-bond acceptors (Lipinski definition) is 3. The van der Waals surface area contributed by atoms with Crippen LogP contribution in [0.2, 0.25) is 0 Å². The molecular weight excluding hydrogens is 334 g/mol. The van der Waals surface area contributed by atoms with E-state index in [0.29, 0.717) is 12.1 Å².